The van der Waals surface area contributed by atoms with Crippen LogP contribution in [0.4, 0.5) is 0 Å². The number of nitrogens with zero attached hydrogens (tertiary/aromatic N) is 1. The minimum atomic E-state index is -0.763. The molecule has 0 aliphatic carbocycles. The summed E-state index contributed by atoms with van der Waals surface area (Å²) in [6.45, 7) is 7.64. The first-order chi connectivity index (χ1) is 7.95. The average Bonchev–Trinajstić information content (AvgIpc) is 2.26. The lowest BCUT2D eigenvalue weighted by atomic mass is 10.2. The Kier molecular flexibility index (Phi) is 10.5. The smallest absolute Gasteiger partial charge is 0.303 e. The van der Waals surface area contributed by atoms with Gasteiger partial charge < -0.3 is 20.2 Å². The van der Waals surface area contributed by atoms with Crippen molar-refractivity contribution in [3.63, 3.8) is 0 Å². The van der Waals surface area contributed by atoms with Crippen LogP contribution < -0.4 is 0 Å². The van der Waals surface area contributed by atoms with E-state index >= 15 is 0 Å². The van der Waals surface area contributed by atoms with Crippen LogP contribution in [0.25, 0.3) is 0 Å². The topological polar surface area (TPSA) is 105 Å². The summed E-state index contributed by atoms with van der Waals surface area (Å²) >= 11 is 0. The van der Waals surface area contributed by atoms with E-state index in [4.69, 9.17) is 10.2 Å². The van der Waals surface area contributed by atoms with E-state index in [1.54, 1.807) is 0 Å². The number of carboxylic acid groups (broad SMARTS) is 2. The molecular weight excluding hydrogens is 238 g/mol. The van der Waals surface area contributed by atoms with Crippen LogP contribution >= 0.6 is 0 Å². The molecule has 0 saturated carbocycles. The van der Waals surface area contributed by atoms with Gasteiger partial charge in [-0.3, -0.25) is 9.59 Å². The van der Waals surface area contributed by atoms with E-state index in [1.165, 1.54) is 0 Å². The SMILES string of the molecule is CC[N+](CC)(CCCC(=O)O)CCCC(=O)O.[OH-]. The van der Waals surface area contributed by atoms with E-state index in [0.29, 0.717) is 12.8 Å². The van der Waals surface area contributed by atoms with Crippen LogP contribution in [0.5, 0.6) is 0 Å². The molecule has 0 bridgehead atoms. The fraction of sp³-hybridized carbons (Fsp3) is 0.833. The van der Waals surface area contributed by atoms with Crippen molar-refractivity contribution in [3.05, 3.63) is 0 Å². The normalized spacial score (nSPS) is 10.8. The molecular formula is C12H25NO5. The number of aliphatic carboxylic acids is 2. The second-order valence-corrected chi connectivity index (χ2v) is 4.42. The van der Waals surface area contributed by atoms with Gasteiger partial charge in [0.25, 0.3) is 0 Å². The highest BCUT2D eigenvalue weighted by Gasteiger charge is 2.22. The summed E-state index contributed by atoms with van der Waals surface area (Å²) in [5.74, 6) is -1.53. The summed E-state index contributed by atoms with van der Waals surface area (Å²) < 4.78 is 0.820. The van der Waals surface area contributed by atoms with Crippen LogP contribution in [0, 0.1) is 0 Å². The van der Waals surface area contributed by atoms with Crippen molar-refractivity contribution in [1.82, 2.24) is 0 Å². The Bertz CT molecular complexity index is 229. The highest BCUT2D eigenvalue weighted by atomic mass is 16.4. The van der Waals surface area contributed by atoms with E-state index < -0.39 is 11.9 Å². The van der Waals surface area contributed by atoms with E-state index in [-0.39, 0.29) is 18.3 Å². The third-order valence-electron chi connectivity index (χ3n) is 3.39. The van der Waals surface area contributed by atoms with E-state index in [2.05, 4.69) is 13.8 Å². The predicted molar refractivity (Wildman–Crippen MR) is 66.8 cm³/mol. The van der Waals surface area contributed by atoms with Crippen LogP contribution in [-0.2, 0) is 9.59 Å². The fourth-order valence-electron chi connectivity index (χ4n) is 2.10. The molecule has 0 unspecified atom stereocenters. The molecule has 18 heavy (non-hydrogen) atoms. The standard InChI is InChI=1S/C12H23NO4.H2O/c1-3-13(4-2,9-5-7-11(14)15)10-6-8-12(16)17;/h3-10H2,1-2H3,(H-,14,15,16,17);1H2. The van der Waals surface area contributed by atoms with Gasteiger partial charge in [0, 0.05) is 12.8 Å². The number of hydrogen-bond donors (Lipinski definition) is 2. The maximum Gasteiger partial charge on any atom is 0.303 e. The first kappa shape index (κ1) is 19.2. The highest BCUT2D eigenvalue weighted by Crippen LogP contribution is 2.11. The number of rotatable bonds is 10. The largest absolute Gasteiger partial charge is 0.870 e. The molecule has 6 heteroatoms. The molecule has 0 aromatic heterocycles. The molecule has 0 heterocycles. The van der Waals surface area contributed by atoms with Gasteiger partial charge in [0.15, 0.2) is 0 Å². The molecule has 0 aromatic carbocycles. The zero-order chi connectivity index (χ0) is 13.3. The molecule has 0 aliphatic rings. The molecule has 0 atom stereocenters. The Balaban J connectivity index is 0. The van der Waals surface area contributed by atoms with Crippen molar-refractivity contribution in [1.29, 1.82) is 0 Å². The summed E-state index contributed by atoms with van der Waals surface area (Å²) in [7, 11) is 0. The second-order valence-electron chi connectivity index (χ2n) is 4.42. The van der Waals surface area contributed by atoms with Crippen molar-refractivity contribution in [2.75, 3.05) is 26.2 Å². The van der Waals surface area contributed by atoms with Crippen molar-refractivity contribution < 1.29 is 29.8 Å². The minimum Gasteiger partial charge on any atom is -0.870 e. The molecule has 0 radical (unpaired) electrons. The zero-order valence-electron chi connectivity index (χ0n) is 11.3. The first-order valence-electron chi connectivity index (χ1n) is 6.24. The third-order valence-corrected chi connectivity index (χ3v) is 3.39. The maximum atomic E-state index is 10.5. The monoisotopic (exact) mass is 263 g/mol. The number of carboxylic acids is 2. The Morgan fingerprint density at radius 2 is 1.22 bits per heavy atom. The molecule has 0 spiro atoms. The number of quaternary nitrogens is 1. The lowest BCUT2D eigenvalue weighted by molar-refractivity contribution is -0.925. The van der Waals surface area contributed by atoms with Gasteiger partial charge in [0.05, 0.1) is 39.0 Å². The Morgan fingerprint density at radius 1 is 0.889 bits per heavy atom. The molecule has 0 saturated heterocycles. The van der Waals surface area contributed by atoms with Crippen LogP contribution in [0.1, 0.15) is 39.5 Å². The van der Waals surface area contributed by atoms with Gasteiger partial charge in [-0.15, -0.1) is 0 Å². The van der Waals surface area contributed by atoms with Gasteiger partial charge in [0.2, 0.25) is 0 Å². The highest BCUT2D eigenvalue weighted by molar-refractivity contribution is 5.66. The van der Waals surface area contributed by atoms with Crippen LogP contribution in [0.2, 0.25) is 0 Å². The molecule has 108 valence electrons. The lowest BCUT2D eigenvalue weighted by Crippen LogP contribution is -2.49. The van der Waals surface area contributed by atoms with Gasteiger partial charge >= 0.3 is 11.9 Å². The predicted octanol–water partition coefficient (Wildman–Crippen LogP) is 1.40. The van der Waals surface area contributed by atoms with Crippen molar-refractivity contribution in [2.45, 2.75) is 39.5 Å². The molecule has 0 amide bonds. The van der Waals surface area contributed by atoms with Crippen LogP contribution in [0.15, 0.2) is 0 Å². The molecule has 0 rings (SSSR count). The van der Waals surface area contributed by atoms with E-state index in [0.717, 1.165) is 30.7 Å². The quantitative estimate of drug-likeness (QED) is 0.579. The van der Waals surface area contributed by atoms with Gasteiger partial charge in [-0.05, 0) is 13.8 Å². The molecule has 0 aliphatic heterocycles. The van der Waals surface area contributed by atoms with Crippen LogP contribution in [-0.4, -0.2) is 58.3 Å². The Hall–Kier alpha value is -1.14. The van der Waals surface area contributed by atoms with Crippen LogP contribution in [0.3, 0.4) is 0 Å². The zero-order valence-corrected chi connectivity index (χ0v) is 11.3. The van der Waals surface area contributed by atoms with Gasteiger partial charge in [-0.25, -0.2) is 0 Å². The minimum absolute atomic E-state index is 0. The molecule has 0 aromatic rings. The van der Waals surface area contributed by atoms with Gasteiger partial charge in [-0.1, -0.05) is 0 Å². The first-order valence-corrected chi connectivity index (χ1v) is 6.24. The maximum absolute atomic E-state index is 10.5. The summed E-state index contributed by atoms with van der Waals surface area (Å²) in [5.41, 5.74) is 0. The van der Waals surface area contributed by atoms with Gasteiger partial charge in [0.1, 0.15) is 0 Å². The molecule has 6 nitrogen and oxygen atoms in total. The summed E-state index contributed by atoms with van der Waals surface area (Å²) in [6.07, 6.45) is 1.70. The second kappa shape index (κ2) is 9.85. The molecule has 3 N–H and O–H groups in total. The summed E-state index contributed by atoms with van der Waals surface area (Å²) in [5, 5.41) is 17.2. The van der Waals surface area contributed by atoms with Crippen molar-refractivity contribution in [2.24, 2.45) is 0 Å². The molecule has 0 fully saturated rings. The number of hydrogen-bond acceptors (Lipinski definition) is 3. The Labute approximate surface area is 108 Å². The van der Waals surface area contributed by atoms with E-state index in [1.807, 2.05) is 0 Å². The summed E-state index contributed by atoms with van der Waals surface area (Å²) in [4.78, 5) is 21.0. The van der Waals surface area contributed by atoms with Crippen molar-refractivity contribution in [3.8, 4) is 0 Å². The van der Waals surface area contributed by atoms with Gasteiger partial charge in [-0.2, -0.15) is 0 Å². The third kappa shape index (κ3) is 8.03. The lowest BCUT2D eigenvalue weighted by Gasteiger charge is -2.37. The fourth-order valence-corrected chi connectivity index (χ4v) is 2.10. The summed E-state index contributed by atoms with van der Waals surface area (Å²) in [6, 6.07) is 0. The van der Waals surface area contributed by atoms with E-state index in [9.17, 15) is 9.59 Å². The van der Waals surface area contributed by atoms with Crippen molar-refractivity contribution >= 4 is 11.9 Å². The number of carbonyl (C=O) groups is 2. The average molecular weight is 263 g/mol. The Morgan fingerprint density at radius 3 is 1.44 bits per heavy atom.